The molecule has 0 spiro atoms. The highest BCUT2D eigenvalue weighted by Gasteiger charge is 2.15. The smallest absolute Gasteiger partial charge is 0.492 e. The highest BCUT2D eigenvalue weighted by molar-refractivity contribution is 6.59. The number of hydrogen-bond acceptors (Lipinski definition) is 4. The zero-order chi connectivity index (χ0) is 8.43. The van der Waals surface area contributed by atoms with Crippen LogP contribution < -0.4 is 5.46 Å². The minimum atomic E-state index is -1.76. The topological polar surface area (TPSA) is 80.9 Å². The van der Waals surface area contributed by atoms with Gasteiger partial charge in [-0.05, 0) is 18.2 Å². The lowest BCUT2D eigenvalue weighted by Crippen LogP contribution is -2.29. The number of aromatic hydroxyl groups is 2. The van der Waals surface area contributed by atoms with Gasteiger partial charge in [0, 0.05) is 5.46 Å². The average molecular weight is 154 g/mol. The van der Waals surface area contributed by atoms with Crippen LogP contribution >= 0.6 is 0 Å². The summed E-state index contributed by atoms with van der Waals surface area (Å²) in [6, 6.07) is 3.52. The molecule has 1 rings (SSSR count). The molecular formula is C6H7BO4. The number of rotatable bonds is 1. The van der Waals surface area contributed by atoms with Gasteiger partial charge in [-0.2, -0.15) is 0 Å². The molecule has 0 bridgehead atoms. The molecule has 58 valence electrons. The molecule has 0 aliphatic heterocycles. The first kappa shape index (κ1) is 7.91. The number of phenols is 2. The number of benzene rings is 1. The van der Waals surface area contributed by atoms with E-state index < -0.39 is 7.12 Å². The predicted molar refractivity (Wildman–Crippen MR) is 39.6 cm³/mol. The Labute approximate surface area is 63.5 Å². The molecule has 5 heteroatoms. The normalized spacial score (nSPS) is 9.64. The molecule has 0 radical (unpaired) electrons. The van der Waals surface area contributed by atoms with Crippen molar-refractivity contribution in [2.24, 2.45) is 0 Å². The quantitative estimate of drug-likeness (QED) is 0.301. The Morgan fingerprint density at radius 3 is 2.18 bits per heavy atom. The molecule has 0 saturated carbocycles. The van der Waals surface area contributed by atoms with E-state index in [0.29, 0.717) is 0 Å². The third-order valence-corrected chi connectivity index (χ3v) is 1.29. The third-order valence-electron chi connectivity index (χ3n) is 1.29. The van der Waals surface area contributed by atoms with E-state index >= 15 is 0 Å². The van der Waals surface area contributed by atoms with Crippen molar-refractivity contribution in [2.45, 2.75) is 0 Å². The summed E-state index contributed by atoms with van der Waals surface area (Å²) in [5.74, 6) is -0.372. The van der Waals surface area contributed by atoms with Crippen LogP contribution in [-0.2, 0) is 0 Å². The molecule has 4 N–H and O–H groups in total. The molecular weight excluding hydrogens is 147 g/mol. The van der Waals surface area contributed by atoms with Gasteiger partial charge in [0.2, 0.25) is 0 Å². The molecule has 0 atom stereocenters. The van der Waals surface area contributed by atoms with Gasteiger partial charge in [0.15, 0.2) is 0 Å². The second-order valence-electron chi connectivity index (χ2n) is 2.12. The van der Waals surface area contributed by atoms with Crippen molar-refractivity contribution in [1.82, 2.24) is 0 Å². The molecule has 0 heterocycles. The number of phenolic OH excluding ortho intramolecular Hbond substituents is 2. The molecule has 0 aliphatic rings. The molecule has 11 heavy (non-hydrogen) atoms. The van der Waals surface area contributed by atoms with Gasteiger partial charge >= 0.3 is 7.12 Å². The van der Waals surface area contributed by atoms with E-state index in [4.69, 9.17) is 20.3 Å². The average Bonchev–Trinajstić information content (AvgIpc) is 1.94. The van der Waals surface area contributed by atoms with E-state index in [0.717, 1.165) is 6.07 Å². The fraction of sp³-hybridized carbons (Fsp3) is 0. The zero-order valence-electron chi connectivity index (χ0n) is 5.60. The molecule has 1 aromatic rings. The lowest BCUT2D eigenvalue weighted by molar-refractivity contribution is 0.417. The van der Waals surface area contributed by atoms with E-state index in [9.17, 15) is 0 Å². The van der Waals surface area contributed by atoms with Crippen LogP contribution in [0.1, 0.15) is 0 Å². The van der Waals surface area contributed by atoms with Crippen LogP contribution in [-0.4, -0.2) is 27.4 Å². The Morgan fingerprint density at radius 1 is 1.09 bits per heavy atom. The van der Waals surface area contributed by atoms with Crippen LogP contribution in [0.25, 0.3) is 0 Å². The van der Waals surface area contributed by atoms with Gasteiger partial charge in [0.1, 0.15) is 11.5 Å². The van der Waals surface area contributed by atoms with Crippen LogP contribution in [0.4, 0.5) is 0 Å². The second-order valence-corrected chi connectivity index (χ2v) is 2.12. The van der Waals surface area contributed by atoms with Crippen molar-refractivity contribution in [1.29, 1.82) is 0 Å². The molecule has 0 aliphatic carbocycles. The van der Waals surface area contributed by atoms with Crippen molar-refractivity contribution in [3.8, 4) is 11.5 Å². The molecule has 1 aromatic carbocycles. The second kappa shape index (κ2) is 2.81. The van der Waals surface area contributed by atoms with Crippen molar-refractivity contribution in [2.75, 3.05) is 0 Å². The van der Waals surface area contributed by atoms with Crippen LogP contribution in [0.2, 0.25) is 0 Å². The summed E-state index contributed by atoms with van der Waals surface area (Å²) in [7, 11) is -1.76. The maximum absolute atomic E-state index is 8.97. The van der Waals surface area contributed by atoms with E-state index in [-0.39, 0.29) is 17.0 Å². The maximum atomic E-state index is 8.97. The van der Waals surface area contributed by atoms with Gasteiger partial charge in [-0.25, -0.2) is 0 Å². The van der Waals surface area contributed by atoms with Gasteiger partial charge in [0.05, 0.1) is 0 Å². The van der Waals surface area contributed by atoms with Crippen molar-refractivity contribution >= 4 is 12.6 Å². The molecule has 0 saturated heterocycles. The molecule has 0 amide bonds. The van der Waals surface area contributed by atoms with E-state index in [1.807, 2.05) is 0 Å². The Bertz CT molecular complexity index is 261. The van der Waals surface area contributed by atoms with Crippen LogP contribution in [0, 0.1) is 0 Å². The van der Waals surface area contributed by atoms with Crippen molar-refractivity contribution < 1.29 is 20.3 Å². The molecule has 0 unspecified atom stereocenters. The summed E-state index contributed by atoms with van der Waals surface area (Å²) in [6.07, 6.45) is 0. The highest BCUT2D eigenvalue weighted by atomic mass is 16.4. The summed E-state index contributed by atoms with van der Waals surface area (Å²) in [5, 5.41) is 35.1. The Hall–Kier alpha value is -1.20. The summed E-state index contributed by atoms with van der Waals surface area (Å²) >= 11 is 0. The van der Waals surface area contributed by atoms with Crippen LogP contribution in [0.3, 0.4) is 0 Å². The lowest BCUT2D eigenvalue weighted by atomic mass is 9.79. The van der Waals surface area contributed by atoms with Gasteiger partial charge in [-0.15, -0.1) is 0 Å². The fourth-order valence-corrected chi connectivity index (χ4v) is 0.749. The van der Waals surface area contributed by atoms with Gasteiger partial charge in [0.25, 0.3) is 0 Å². The van der Waals surface area contributed by atoms with Crippen molar-refractivity contribution in [3.05, 3.63) is 18.2 Å². The first-order chi connectivity index (χ1) is 5.11. The molecule has 0 aromatic heterocycles. The number of hydrogen-bond donors (Lipinski definition) is 4. The van der Waals surface area contributed by atoms with E-state index in [1.165, 1.54) is 12.1 Å². The summed E-state index contributed by atoms with van der Waals surface area (Å²) in [5.41, 5.74) is -0.106. The minimum Gasteiger partial charge on any atom is -0.508 e. The highest BCUT2D eigenvalue weighted by Crippen LogP contribution is 2.12. The largest absolute Gasteiger partial charge is 0.508 e. The van der Waals surface area contributed by atoms with Gasteiger partial charge < -0.3 is 20.3 Å². The standard InChI is InChI=1S/C6H7BO4/c8-4-1-2-6(9)5(3-4)7(10)11/h1-3,8-11H. The maximum Gasteiger partial charge on any atom is 0.492 e. The zero-order valence-corrected chi connectivity index (χ0v) is 5.60. The molecule has 0 fully saturated rings. The lowest BCUT2D eigenvalue weighted by Gasteiger charge is -2.02. The summed E-state index contributed by atoms with van der Waals surface area (Å²) in [4.78, 5) is 0. The van der Waals surface area contributed by atoms with Crippen LogP contribution in [0.15, 0.2) is 18.2 Å². The summed E-state index contributed by atoms with van der Waals surface area (Å²) in [6.45, 7) is 0. The van der Waals surface area contributed by atoms with E-state index in [1.54, 1.807) is 0 Å². The minimum absolute atomic E-state index is 0.106. The fourth-order valence-electron chi connectivity index (χ4n) is 0.749. The van der Waals surface area contributed by atoms with Gasteiger partial charge in [-0.1, -0.05) is 0 Å². The van der Waals surface area contributed by atoms with E-state index in [2.05, 4.69) is 0 Å². The Kier molecular flexibility index (Phi) is 2.02. The predicted octanol–water partition coefficient (Wildman–Crippen LogP) is -1.22. The molecule has 4 nitrogen and oxygen atoms in total. The Morgan fingerprint density at radius 2 is 1.73 bits per heavy atom. The first-order valence-corrected chi connectivity index (χ1v) is 2.99. The monoisotopic (exact) mass is 154 g/mol. The third kappa shape index (κ3) is 1.63. The van der Waals surface area contributed by atoms with Gasteiger partial charge in [-0.3, -0.25) is 0 Å². The summed E-state index contributed by atoms with van der Waals surface area (Å²) < 4.78 is 0. The van der Waals surface area contributed by atoms with Crippen LogP contribution in [0.5, 0.6) is 11.5 Å². The van der Waals surface area contributed by atoms with Crippen molar-refractivity contribution in [3.63, 3.8) is 0 Å². The Balaban J connectivity index is 3.13. The SMILES string of the molecule is OB(O)c1cc(O)ccc1O. The first-order valence-electron chi connectivity index (χ1n) is 2.99.